The minimum atomic E-state index is -0.0762. The molecule has 0 aliphatic carbocycles. The number of nitrogens with zero attached hydrogens (tertiary/aromatic N) is 3. The van der Waals surface area contributed by atoms with E-state index in [-0.39, 0.29) is 11.9 Å². The maximum absolute atomic E-state index is 12.8. The van der Waals surface area contributed by atoms with Crippen LogP contribution in [0, 0.1) is 0 Å². The van der Waals surface area contributed by atoms with Gasteiger partial charge in [0.1, 0.15) is 5.82 Å². The van der Waals surface area contributed by atoms with Crippen LogP contribution in [0.15, 0.2) is 30.1 Å². The zero-order chi connectivity index (χ0) is 20.2. The smallest absolute Gasteiger partial charge is 0.253 e. The molecule has 2 aromatic heterocycles. The topological polar surface area (TPSA) is 85.9 Å². The zero-order valence-electron chi connectivity index (χ0n) is 17.3. The van der Waals surface area contributed by atoms with Crippen molar-refractivity contribution in [2.24, 2.45) is 0 Å². The number of imidazole rings is 1. The highest BCUT2D eigenvalue weighted by molar-refractivity contribution is 6.04. The molecule has 1 atom stereocenters. The highest BCUT2D eigenvalue weighted by Crippen LogP contribution is 2.20. The van der Waals surface area contributed by atoms with Gasteiger partial charge in [-0.05, 0) is 63.8 Å². The second-order valence-corrected chi connectivity index (χ2v) is 8.01. The van der Waals surface area contributed by atoms with Crippen LogP contribution in [0.4, 0.5) is 0 Å². The van der Waals surface area contributed by atoms with Crippen LogP contribution in [-0.2, 0) is 0 Å². The summed E-state index contributed by atoms with van der Waals surface area (Å²) in [5, 5.41) is 6.46. The van der Waals surface area contributed by atoms with Crippen molar-refractivity contribution in [2.45, 2.75) is 45.6 Å². The minimum absolute atomic E-state index is 0.0762. The molecule has 29 heavy (non-hydrogen) atoms. The second kappa shape index (κ2) is 8.78. The maximum Gasteiger partial charge on any atom is 0.253 e. The summed E-state index contributed by atoms with van der Waals surface area (Å²) in [6, 6.07) is 1.92. The van der Waals surface area contributed by atoms with Gasteiger partial charge in [-0.3, -0.25) is 4.79 Å². The summed E-state index contributed by atoms with van der Waals surface area (Å²) in [5.41, 5.74) is 4.15. The van der Waals surface area contributed by atoms with E-state index in [2.05, 4.69) is 49.6 Å². The van der Waals surface area contributed by atoms with E-state index in [9.17, 15) is 4.79 Å². The lowest BCUT2D eigenvalue weighted by atomic mass is 10.1. The number of rotatable bonds is 5. The molecule has 3 N–H and O–H groups in total. The first-order valence-corrected chi connectivity index (χ1v) is 10.6. The van der Waals surface area contributed by atoms with E-state index in [1.807, 2.05) is 6.92 Å². The van der Waals surface area contributed by atoms with Crippen LogP contribution >= 0.6 is 0 Å². The zero-order valence-corrected chi connectivity index (χ0v) is 17.3. The molecule has 0 saturated carbocycles. The molecule has 7 heteroatoms. The predicted molar refractivity (Wildman–Crippen MR) is 115 cm³/mol. The van der Waals surface area contributed by atoms with Gasteiger partial charge in [0, 0.05) is 37.6 Å². The Kier molecular flexibility index (Phi) is 5.94. The number of amides is 1. The third-order valence-electron chi connectivity index (χ3n) is 5.82. The average Bonchev–Trinajstić information content (AvgIpc) is 3.42. The molecule has 2 aromatic rings. The van der Waals surface area contributed by atoms with E-state index in [1.165, 1.54) is 18.5 Å². The quantitative estimate of drug-likeness (QED) is 0.679. The number of aromatic nitrogens is 3. The van der Waals surface area contributed by atoms with Gasteiger partial charge in [-0.15, -0.1) is 0 Å². The molecule has 0 aromatic carbocycles. The van der Waals surface area contributed by atoms with Gasteiger partial charge in [0.25, 0.3) is 5.91 Å². The first-order valence-electron chi connectivity index (χ1n) is 10.6. The minimum Gasteiger partial charge on any atom is -0.375 e. The fraction of sp³-hybridized carbons (Fsp3) is 0.500. The molecule has 0 bridgehead atoms. The molecule has 154 valence electrons. The van der Waals surface area contributed by atoms with Crippen molar-refractivity contribution in [1.82, 2.24) is 30.5 Å². The van der Waals surface area contributed by atoms with Gasteiger partial charge in [0.05, 0.1) is 11.1 Å². The number of aromatic amines is 1. The number of allylic oxidation sites excluding steroid dienone is 4. The first-order chi connectivity index (χ1) is 14.1. The number of nitrogens with one attached hydrogen (secondary N) is 3. The van der Waals surface area contributed by atoms with Gasteiger partial charge in [-0.2, -0.15) is 0 Å². The number of carbonyl (C=O) groups is 1. The lowest BCUT2D eigenvalue weighted by Crippen LogP contribution is -2.45. The number of hydrogen-bond donors (Lipinski definition) is 3. The van der Waals surface area contributed by atoms with E-state index in [0.717, 1.165) is 50.4 Å². The van der Waals surface area contributed by atoms with Crippen molar-refractivity contribution in [3.8, 4) is 0 Å². The molecule has 0 spiro atoms. The van der Waals surface area contributed by atoms with Crippen LogP contribution in [0.2, 0.25) is 0 Å². The van der Waals surface area contributed by atoms with E-state index in [0.29, 0.717) is 16.7 Å². The summed E-state index contributed by atoms with van der Waals surface area (Å²) in [6.45, 7) is 8.29. The van der Waals surface area contributed by atoms with Crippen molar-refractivity contribution in [1.29, 1.82) is 0 Å². The van der Waals surface area contributed by atoms with Crippen molar-refractivity contribution in [2.75, 3.05) is 26.2 Å². The van der Waals surface area contributed by atoms with E-state index < -0.39 is 0 Å². The SMILES string of the molecule is CC(=C/C=C(\C)N1CCCC1)c1nc2nccc(C(=O)NC3CCCNC3)c2[nH]1. The Morgan fingerprint density at radius 3 is 2.83 bits per heavy atom. The van der Waals surface area contributed by atoms with Crippen LogP contribution in [0.3, 0.4) is 0 Å². The van der Waals surface area contributed by atoms with Crippen LogP contribution in [0.5, 0.6) is 0 Å². The third kappa shape index (κ3) is 4.50. The van der Waals surface area contributed by atoms with E-state index in [1.54, 1.807) is 12.3 Å². The first kappa shape index (κ1) is 19.6. The molecular formula is C22H30N6O. The summed E-state index contributed by atoms with van der Waals surface area (Å²) < 4.78 is 0. The fourth-order valence-electron chi connectivity index (χ4n) is 4.02. The Morgan fingerprint density at radius 2 is 2.07 bits per heavy atom. The molecular weight excluding hydrogens is 364 g/mol. The summed E-state index contributed by atoms with van der Waals surface area (Å²) in [5.74, 6) is 0.672. The highest BCUT2D eigenvalue weighted by Gasteiger charge is 2.19. The second-order valence-electron chi connectivity index (χ2n) is 8.01. The monoisotopic (exact) mass is 394 g/mol. The molecule has 7 nitrogen and oxygen atoms in total. The van der Waals surface area contributed by atoms with Crippen LogP contribution in [-0.4, -0.2) is 58.0 Å². The number of carbonyl (C=O) groups excluding carboxylic acids is 1. The number of H-pyrrole nitrogens is 1. The van der Waals surface area contributed by atoms with E-state index >= 15 is 0 Å². The molecule has 2 aliphatic rings. The van der Waals surface area contributed by atoms with Crippen LogP contribution in [0.1, 0.15) is 55.7 Å². The average molecular weight is 395 g/mol. The van der Waals surface area contributed by atoms with Gasteiger partial charge in [-0.25, -0.2) is 9.97 Å². The number of piperidine rings is 1. The normalized spacial score (nSPS) is 21.0. The summed E-state index contributed by atoms with van der Waals surface area (Å²) in [6.07, 6.45) is 10.5. The molecule has 2 fully saturated rings. The number of likely N-dealkylation sites (tertiary alicyclic amines) is 1. The lowest BCUT2D eigenvalue weighted by Gasteiger charge is -2.23. The highest BCUT2D eigenvalue weighted by atomic mass is 16.1. The molecule has 4 rings (SSSR count). The standard InChI is InChI=1S/C22H30N6O/c1-15(7-8-16(2)28-12-3-4-13-28)20-26-19-18(9-11-24-21(19)27-20)22(29)25-17-6-5-10-23-14-17/h7-9,11,17,23H,3-6,10,12-14H2,1-2H3,(H,25,29)(H,24,26,27)/b15-7?,16-8+. The van der Waals surface area contributed by atoms with Gasteiger partial charge in [-0.1, -0.05) is 6.08 Å². The Balaban J connectivity index is 1.54. The number of hydrogen-bond acceptors (Lipinski definition) is 5. The number of fused-ring (bicyclic) bond motifs is 1. The Hall–Kier alpha value is -2.67. The van der Waals surface area contributed by atoms with Crippen LogP contribution < -0.4 is 10.6 Å². The largest absolute Gasteiger partial charge is 0.375 e. The summed E-state index contributed by atoms with van der Waals surface area (Å²) in [7, 11) is 0. The summed E-state index contributed by atoms with van der Waals surface area (Å²) in [4.78, 5) is 27.5. The maximum atomic E-state index is 12.8. The van der Waals surface area contributed by atoms with Gasteiger partial charge in [0.15, 0.2) is 5.65 Å². The van der Waals surface area contributed by atoms with Gasteiger partial charge < -0.3 is 20.5 Å². The van der Waals surface area contributed by atoms with Crippen molar-refractivity contribution in [3.05, 3.63) is 41.5 Å². The lowest BCUT2D eigenvalue weighted by molar-refractivity contribution is 0.0932. The Morgan fingerprint density at radius 1 is 1.24 bits per heavy atom. The predicted octanol–water partition coefficient (Wildman–Crippen LogP) is 2.84. The Bertz CT molecular complexity index is 932. The Labute approximate surface area is 171 Å². The molecule has 1 unspecified atom stereocenters. The molecule has 2 aliphatic heterocycles. The third-order valence-corrected chi connectivity index (χ3v) is 5.82. The van der Waals surface area contributed by atoms with Crippen molar-refractivity contribution >= 4 is 22.6 Å². The van der Waals surface area contributed by atoms with Crippen LogP contribution in [0.25, 0.3) is 16.7 Å². The fourth-order valence-corrected chi connectivity index (χ4v) is 4.02. The van der Waals surface area contributed by atoms with Crippen molar-refractivity contribution < 1.29 is 4.79 Å². The summed E-state index contributed by atoms with van der Waals surface area (Å²) >= 11 is 0. The molecule has 1 amide bonds. The van der Waals surface area contributed by atoms with E-state index in [4.69, 9.17) is 0 Å². The van der Waals surface area contributed by atoms with Gasteiger partial charge in [0.2, 0.25) is 0 Å². The van der Waals surface area contributed by atoms with Gasteiger partial charge >= 0.3 is 0 Å². The molecule has 2 saturated heterocycles. The number of pyridine rings is 1. The molecule has 0 radical (unpaired) electrons. The van der Waals surface area contributed by atoms with Crippen molar-refractivity contribution in [3.63, 3.8) is 0 Å². The molecule has 4 heterocycles.